The Kier molecular flexibility index (Phi) is 2.60. The highest BCUT2D eigenvalue weighted by Gasteiger charge is 2.08. The van der Waals surface area contributed by atoms with Gasteiger partial charge in [-0.05, 0) is 18.2 Å². The Hall–Kier alpha value is -1.55. The second kappa shape index (κ2) is 3.90. The Morgan fingerprint density at radius 3 is 2.80 bits per heavy atom. The maximum Gasteiger partial charge on any atom is 0.129 e. The summed E-state index contributed by atoms with van der Waals surface area (Å²) in [6, 6.07) is 6.21. The number of aromatic nitrogens is 2. The molecule has 1 aromatic carbocycles. The third-order valence-electron chi connectivity index (χ3n) is 2.12. The molecule has 0 saturated carbocycles. The van der Waals surface area contributed by atoms with Crippen LogP contribution in [0.25, 0.3) is 0 Å². The molecule has 2 N–H and O–H groups in total. The van der Waals surface area contributed by atoms with Crippen LogP contribution in [0.5, 0.6) is 0 Å². The number of rotatable bonds is 2. The molecule has 15 heavy (non-hydrogen) atoms. The van der Waals surface area contributed by atoms with Crippen molar-refractivity contribution in [2.75, 3.05) is 5.73 Å². The van der Waals surface area contributed by atoms with Gasteiger partial charge in [0.05, 0.1) is 12.7 Å². The lowest BCUT2D eigenvalue weighted by atomic mass is 10.2. The number of hydrogen-bond donors (Lipinski definition) is 1. The van der Waals surface area contributed by atoms with E-state index in [0.29, 0.717) is 16.4 Å². The summed E-state index contributed by atoms with van der Waals surface area (Å²) in [5, 5.41) is 4.34. The average molecular weight is 226 g/mol. The summed E-state index contributed by atoms with van der Waals surface area (Å²) >= 11 is 5.88. The van der Waals surface area contributed by atoms with Crippen molar-refractivity contribution >= 4 is 17.4 Å². The molecule has 0 aliphatic rings. The summed E-state index contributed by atoms with van der Waals surface area (Å²) in [5.41, 5.74) is 6.02. The molecule has 3 nitrogen and oxygen atoms in total. The van der Waals surface area contributed by atoms with Crippen molar-refractivity contribution in [3.63, 3.8) is 0 Å². The second-order valence-corrected chi connectivity index (χ2v) is 3.52. The first kappa shape index (κ1) is 9.98. The Morgan fingerprint density at radius 2 is 2.20 bits per heavy atom. The Labute approximate surface area is 91.3 Å². The fourth-order valence-electron chi connectivity index (χ4n) is 1.31. The molecular formula is C10H9ClFN3. The highest BCUT2D eigenvalue weighted by Crippen LogP contribution is 2.20. The molecule has 0 fully saturated rings. The van der Waals surface area contributed by atoms with Gasteiger partial charge in [-0.25, -0.2) is 9.07 Å². The summed E-state index contributed by atoms with van der Waals surface area (Å²) in [5.74, 6) is 0.131. The lowest BCUT2D eigenvalue weighted by Gasteiger charge is -2.07. The van der Waals surface area contributed by atoms with Gasteiger partial charge in [-0.3, -0.25) is 0 Å². The quantitative estimate of drug-likeness (QED) is 0.853. The van der Waals surface area contributed by atoms with Crippen LogP contribution in [0.1, 0.15) is 5.56 Å². The van der Waals surface area contributed by atoms with Gasteiger partial charge in [-0.2, -0.15) is 5.10 Å². The van der Waals surface area contributed by atoms with E-state index in [1.807, 2.05) is 0 Å². The molecule has 2 rings (SSSR count). The van der Waals surface area contributed by atoms with Gasteiger partial charge in [0.1, 0.15) is 11.6 Å². The molecule has 5 heteroatoms. The molecular weight excluding hydrogens is 217 g/mol. The number of nitrogen functional groups attached to an aromatic ring is 1. The molecule has 78 valence electrons. The van der Waals surface area contributed by atoms with Gasteiger partial charge < -0.3 is 5.73 Å². The van der Waals surface area contributed by atoms with Gasteiger partial charge >= 0.3 is 0 Å². The molecule has 0 radical (unpaired) electrons. The van der Waals surface area contributed by atoms with E-state index < -0.39 is 0 Å². The number of nitrogens with two attached hydrogens (primary N) is 1. The molecule has 0 saturated heterocycles. The van der Waals surface area contributed by atoms with E-state index in [1.54, 1.807) is 24.4 Å². The summed E-state index contributed by atoms with van der Waals surface area (Å²) < 4.78 is 14.9. The third kappa shape index (κ3) is 1.94. The average Bonchev–Trinajstić information content (AvgIpc) is 2.58. The van der Waals surface area contributed by atoms with Crippen LogP contribution < -0.4 is 5.73 Å². The van der Waals surface area contributed by atoms with E-state index in [9.17, 15) is 4.39 Å². The van der Waals surface area contributed by atoms with Crippen LogP contribution in [0.4, 0.5) is 10.2 Å². The Morgan fingerprint density at radius 1 is 1.40 bits per heavy atom. The van der Waals surface area contributed by atoms with Crippen LogP contribution in [0.3, 0.4) is 0 Å². The van der Waals surface area contributed by atoms with E-state index in [-0.39, 0.29) is 12.4 Å². The van der Waals surface area contributed by atoms with Crippen molar-refractivity contribution in [3.05, 3.63) is 46.9 Å². The fraction of sp³-hybridized carbons (Fsp3) is 0.100. The number of halogens is 2. The topological polar surface area (TPSA) is 43.8 Å². The highest BCUT2D eigenvalue weighted by atomic mass is 35.5. The first-order valence-electron chi connectivity index (χ1n) is 4.38. The van der Waals surface area contributed by atoms with Crippen LogP contribution in [0.2, 0.25) is 5.02 Å². The highest BCUT2D eigenvalue weighted by molar-refractivity contribution is 6.31. The normalized spacial score (nSPS) is 10.5. The van der Waals surface area contributed by atoms with Crippen molar-refractivity contribution < 1.29 is 4.39 Å². The monoisotopic (exact) mass is 225 g/mol. The number of hydrogen-bond acceptors (Lipinski definition) is 2. The van der Waals surface area contributed by atoms with E-state index in [2.05, 4.69) is 5.10 Å². The van der Waals surface area contributed by atoms with E-state index >= 15 is 0 Å². The smallest absolute Gasteiger partial charge is 0.129 e. The van der Waals surface area contributed by atoms with E-state index in [4.69, 9.17) is 17.3 Å². The van der Waals surface area contributed by atoms with Crippen molar-refractivity contribution in [2.45, 2.75) is 6.54 Å². The zero-order valence-electron chi connectivity index (χ0n) is 7.82. The molecule has 0 amide bonds. The van der Waals surface area contributed by atoms with Gasteiger partial charge in [-0.1, -0.05) is 17.7 Å². The molecule has 1 aromatic heterocycles. The van der Waals surface area contributed by atoms with Gasteiger partial charge in [0.25, 0.3) is 0 Å². The van der Waals surface area contributed by atoms with E-state index in [0.717, 1.165) is 0 Å². The molecule has 0 aliphatic carbocycles. The minimum absolute atomic E-state index is 0.240. The van der Waals surface area contributed by atoms with Gasteiger partial charge in [-0.15, -0.1) is 0 Å². The maximum absolute atomic E-state index is 13.4. The van der Waals surface area contributed by atoms with E-state index in [1.165, 1.54) is 10.7 Å². The van der Waals surface area contributed by atoms with Crippen molar-refractivity contribution in [1.29, 1.82) is 0 Å². The van der Waals surface area contributed by atoms with Crippen LogP contribution in [0.15, 0.2) is 30.5 Å². The predicted octanol–water partition coefficient (Wildman–Crippen LogP) is 2.31. The van der Waals surface area contributed by atoms with Crippen molar-refractivity contribution in [2.24, 2.45) is 0 Å². The minimum Gasteiger partial charge on any atom is -0.384 e. The van der Waals surface area contributed by atoms with Crippen LogP contribution in [-0.4, -0.2) is 9.78 Å². The summed E-state index contributed by atoms with van der Waals surface area (Å²) in [4.78, 5) is 0. The van der Waals surface area contributed by atoms with Gasteiger partial charge in [0, 0.05) is 10.6 Å². The molecule has 0 bridgehead atoms. The third-order valence-corrected chi connectivity index (χ3v) is 2.47. The predicted molar refractivity (Wildman–Crippen MR) is 57.2 cm³/mol. The van der Waals surface area contributed by atoms with Gasteiger partial charge in [0.2, 0.25) is 0 Å². The lowest BCUT2D eigenvalue weighted by Crippen LogP contribution is -2.07. The van der Waals surface area contributed by atoms with Crippen LogP contribution in [0, 0.1) is 5.82 Å². The summed E-state index contributed by atoms with van der Waals surface area (Å²) in [6.07, 6.45) is 1.56. The largest absolute Gasteiger partial charge is 0.384 e. The van der Waals surface area contributed by atoms with Crippen LogP contribution in [-0.2, 0) is 6.54 Å². The number of benzene rings is 1. The zero-order valence-corrected chi connectivity index (χ0v) is 8.58. The zero-order chi connectivity index (χ0) is 10.8. The Bertz CT molecular complexity index is 461. The maximum atomic E-state index is 13.4. The summed E-state index contributed by atoms with van der Waals surface area (Å²) in [6.45, 7) is 0.240. The number of anilines is 1. The molecule has 1 heterocycles. The summed E-state index contributed by atoms with van der Waals surface area (Å²) in [7, 11) is 0. The second-order valence-electron chi connectivity index (χ2n) is 3.11. The lowest BCUT2D eigenvalue weighted by molar-refractivity contribution is 0.588. The standard InChI is InChI=1S/C10H9ClFN3/c11-8-2-1-3-9(12)7(8)6-15-10(13)4-5-14-15/h1-5H,6,13H2. The fourth-order valence-corrected chi connectivity index (χ4v) is 1.53. The molecule has 2 aromatic rings. The molecule has 0 atom stereocenters. The van der Waals surface area contributed by atoms with Crippen molar-refractivity contribution in [1.82, 2.24) is 9.78 Å². The molecule has 0 aliphatic heterocycles. The molecule has 0 spiro atoms. The Balaban J connectivity index is 2.36. The SMILES string of the molecule is Nc1ccnn1Cc1c(F)cccc1Cl. The van der Waals surface area contributed by atoms with Crippen LogP contribution >= 0.6 is 11.6 Å². The van der Waals surface area contributed by atoms with Gasteiger partial charge in [0.15, 0.2) is 0 Å². The first-order chi connectivity index (χ1) is 7.18. The minimum atomic E-state index is -0.350. The molecule has 0 unspecified atom stereocenters. The number of nitrogens with zero attached hydrogens (tertiary/aromatic N) is 2. The first-order valence-corrected chi connectivity index (χ1v) is 4.76. The van der Waals surface area contributed by atoms with Crippen molar-refractivity contribution in [3.8, 4) is 0 Å².